The van der Waals surface area contributed by atoms with Gasteiger partial charge in [0.15, 0.2) is 17.4 Å². The van der Waals surface area contributed by atoms with Crippen LogP contribution in [0.2, 0.25) is 0 Å². The van der Waals surface area contributed by atoms with Crippen molar-refractivity contribution in [3.63, 3.8) is 0 Å². The second-order valence-corrected chi connectivity index (χ2v) is 4.53. The first kappa shape index (κ1) is 11.4. The number of aromatic nitrogens is 1. The Morgan fingerprint density at radius 3 is 2.50 bits per heavy atom. The maximum Gasteiger partial charge on any atom is 0.204 e. The molecule has 0 aliphatic heterocycles. The number of nitrogens with zero attached hydrogens (tertiary/aromatic N) is 1. The molecule has 0 atom stereocenters. The molecule has 2 nitrogen and oxygen atoms in total. The molecule has 1 heterocycles. The van der Waals surface area contributed by atoms with Gasteiger partial charge in [-0.15, -0.1) is 11.3 Å². The van der Waals surface area contributed by atoms with E-state index in [9.17, 15) is 13.2 Å². The zero-order valence-electron chi connectivity index (χ0n) is 7.47. The minimum atomic E-state index is -1.61. The van der Waals surface area contributed by atoms with Crippen molar-refractivity contribution in [1.29, 1.82) is 0 Å². The number of thiazole rings is 1. The van der Waals surface area contributed by atoms with Crippen molar-refractivity contribution in [3.8, 4) is 16.3 Å². The van der Waals surface area contributed by atoms with Crippen LogP contribution >= 0.6 is 27.3 Å². The Kier molecular flexibility index (Phi) is 2.90. The lowest BCUT2D eigenvalue weighted by molar-refractivity contribution is 0.377. The van der Waals surface area contributed by atoms with Gasteiger partial charge < -0.3 is 5.11 Å². The summed E-state index contributed by atoms with van der Waals surface area (Å²) in [6, 6.07) is 0.707. The lowest BCUT2D eigenvalue weighted by atomic mass is 10.2. The quantitative estimate of drug-likeness (QED) is 0.815. The van der Waals surface area contributed by atoms with E-state index in [0.717, 1.165) is 11.3 Å². The van der Waals surface area contributed by atoms with E-state index in [0.29, 0.717) is 10.7 Å². The van der Waals surface area contributed by atoms with Gasteiger partial charge in [0.25, 0.3) is 0 Å². The van der Waals surface area contributed by atoms with Gasteiger partial charge in [-0.25, -0.2) is 13.8 Å². The summed E-state index contributed by atoms with van der Waals surface area (Å²) in [6.07, 6.45) is 0. The fourth-order valence-electron chi connectivity index (χ4n) is 1.12. The van der Waals surface area contributed by atoms with Crippen molar-refractivity contribution < 1.29 is 18.3 Å². The van der Waals surface area contributed by atoms with Crippen LogP contribution in [-0.4, -0.2) is 10.1 Å². The summed E-state index contributed by atoms with van der Waals surface area (Å²) < 4.78 is 39.9. The summed E-state index contributed by atoms with van der Waals surface area (Å²) in [5, 5.41) is 10.5. The Hall–Kier alpha value is -1.08. The first-order valence-corrected chi connectivity index (χ1v) is 5.66. The van der Waals surface area contributed by atoms with Crippen LogP contribution in [0.4, 0.5) is 13.2 Å². The van der Waals surface area contributed by atoms with Gasteiger partial charge in [-0.05, 0) is 22.0 Å². The Bertz CT molecular complexity index is 558. The predicted octanol–water partition coefficient (Wildman–Crippen LogP) is 3.70. The number of phenolic OH excluding ortho intramolecular Hbond substituents is 1. The van der Waals surface area contributed by atoms with E-state index >= 15 is 0 Å². The van der Waals surface area contributed by atoms with Gasteiger partial charge in [-0.3, -0.25) is 0 Å². The van der Waals surface area contributed by atoms with E-state index in [4.69, 9.17) is 5.11 Å². The Morgan fingerprint density at radius 2 is 1.94 bits per heavy atom. The molecular weight excluding hydrogens is 307 g/mol. The van der Waals surface area contributed by atoms with Gasteiger partial charge >= 0.3 is 0 Å². The molecule has 7 heteroatoms. The van der Waals surface area contributed by atoms with E-state index < -0.39 is 23.2 Å². The third-order valence-electron chi connectivity index (χ3n) is 1.84. The SMILES string of the molecule is Oc1c(F)cc(-c2nc(Br)cs2)c(F)c1F. The molecule has 1 aromatic heterocycles. The molecule has 2 aromatic rings. The number of halogens is 4. The van der Waals surface area contributed by atoms with Crippen molar-refractivity contribution in [3.05, 3.63) is 33.5 Å². The average Bonchev–Trinajstić information content (AvgIpc) is 2.67. The van der Waals surface area contributed by atoms with E-state index in [1.807, 2.05) is 0 Å². The van der Waals surface area contributed by atoms with Crippen molar-refractivity contribution in [2.45, 2.75) is 0 Å². The molecule has 0 bridgehead atoms. The van der Waals surface area contributed by atoms with E-state index in [2.05, 4.69) is 20.9 Å². The monoisotopic (exact) mass is 309 g/mol. The van der Waals surface area contributed by atoms with Gasteiger partial charge in [0.1, 0.15) is 9.61 Å². The van der Waals surface area contributed by atoms with Gasteiger partial charge in [0.2, 0.25) is 5.82 Å². The minimum Gasteiger partial charge on any atom is -0.503 e. The summed E-state index contributed by atoms with van der Waals surface area (Å²) >= 11 is 4.07. The lowest BCUT2D eigenvalue weighted by Gasteiger charge is -2.03. The van der Waals surface area contributed by atoms with Crippen LogP contribution in [-0.2, 0) is 0 Å². The van der Waals surface area contributed by atoms with Crippen LogP contribution in [0.1, 0.15) is 0 Å². The second kappa shape index (κ2) is 4.06. The van der Waals surface area contributed by atoms with Gasteiger partial charge in [-0.1, -0.05) is 0 Å². The third-order valence-corrected chi connectivity index (χ3v) is 3.43. The molecule has 0 radical (unpaired) electrons. The van der Waals surface area contributed by atoms with E-state index in [1.165, 1.54) is 0 Å². The van der Waals surface area contributed by atoms with Crippen LogP contribution in [0.25, 0.3) is 10.6 Å². The highest BCUT2D eigenvalue weighted by Gasteiger charge is 2.20. The average molecular weight is 310 g/mol. The summed E-state index contributed by atoms with van der Waals surface area (Å²) in [6.45, 7) is 0. The van der Waals surface area contributed by atoms with Crippen molar-refractivity contribution in [1.82, 2.24) is 4.98 Å². The fraction of sp³-hybridized carbons (Fsp3) is 0. The summed E-state index contributed by atoms with van der Waals surface area (Å²) in [5.74, 6) is -5.47. The lowest BCUT2D eigenvalue weighted by Crippen LogP contribution is -1.93. The zero-order valence-corrected chi connectivity index (χ0v) is 9.87. The smallest absolute Gasteiger partial charge is 0.204 e. The molecular formula is C9H3BrF3NOS. The number of phenols is 1. The zero-order chi connectivity index (χ0) is 11.9. The summed E-state index contributed by atoms with van der Waals surface area (Å²) in [5.41, 5.74) is -0.316. The van der Waals surface area contributed by atoms with Crippen molar-refractivity contribution in [2.24, 2.45) is 0 Å². The Balaban J connectivity index is 2.66. The molecule has 0 spiro atoms. The van der Waals surface area contributed by atoms with Crippen LogP contribution in [0.3, 0.4) is 0 Å². The highest BCUT2D eigenvalue weighted by Crippen LogP contribution is 2.33. The number of rotatable bonds is 1. The van der Waals surface area contributed by atoms with Crippen molar-refractivity contribution in [2.75, 3.05) is 0 Å². The molecule has 0 unspecified atom stereocenters. The molecule has 0 saturated heterocycles. The molecule has 0 aliphatic carbocycles. The largest absolute Gasteiger partial charge is 0.503 e. The van der Waals surface area contributed by atoms with Gasteiger partial charge in [-0.2, -0.15) is 4.39 Å². The topological polar surface area (TPSA) is 33.1 Å². The molecule has 0 aliphatic rings. The number of benzene rings is 1. The van der Waals surface area contributed by atoms with Crippen molar-refractivity contribution >= 4 is 27.3 Å². The molecule has 2 rings (SSSR count). The highest BCUT2D eigenvalue weighted by molar-refractivity contribution is 9.10. The normalized spacial score (nSPS) is 10.8. The van der Waals surface area contributed by atoms with Gasteiger partial charge in [0.05, 0.1) is 5.56 Å². The minimum absolute atomic E-state index is 0.127. The van der Waals surface area contributed by atoms with Crippen LogP contribution in [0, 0.1) is 17.5 Å². The van der Waals surface area contributed by atoms with Crippen LogP contribution < -0.4 is 0 Å². The molecule has 1 aromatic carbocycles. The van der Waals surface area contributed by atoms with E-state index in [-0.39, 0.29) is 10.6 Å². The molecule has 0 amide bonds. The molecule has 16 heavy (non-hydrogen) atoms. The van der Waals surface area contributed by atoms with E-state index in [1.54, 1.807) is 5.38 Å². The summed E-state index contributed by atoms with van der Waals surface area (Å²) in [4.78, 5) is 3.83. The van der Waals surface area contributed by atoms with Crippen LogP contribution in [0.5, 0.6) is 5.75 Å². The highest BCUT2D eigenvalue weighted by atomic mass is 79.9. The number of hydrogen-bond donors (Lipinski definition) is 1. The number of hydrogen-bond acceptors (Lipinski definition) is 3. The molecule has 1 N–H and O–H groups in total. The standard InChI is InChI=1S/C9H3BrF3NOS/c10-5-2-16-9(14-5)3-1-4(11)8(15)7(13)6(3)12/h1-2,15H. The Morgan fingerprint density at radius 1 is 1.25 bits per heavy atom. The van der Waals surface area contributed by atoms with Gasteiger partial charge in [0, 0.05) is 5.38 Å². The molecule has 0 fully saturated rings. The van der Waals surface area contributed by atoms with Crippen LogP contribution in [0.15, 0.2) is 16.0 Å². The summed E-state index contributed by atoms with van der Waals surface area (Å²) in [7, 11) is 0. The maximum absolute atomic E-state index is 13.4. The maximum atomic E-state index is 13.4. The third kappa shape index (κ3) is 1.80. The fourth-order valence-corrected chi connectivity index (χ4v) is 2.38. The molecule has 84 valence electrons. The first-order valence-electron chi connectivity index (χ1n) is 3.98. The second-order valence-electron chi connectivity index (χ2n) is 2.86. The first-order chi connectivity index (χ1) is 7.50. The Labute approximate surface area is 101 Å². The number of aromatic hydroxyl groups is 1. The predicted molar refractivity (Wildman–Crippen MR) is 56.8 cm³/mol. The molecule has 0 saturated carbocycles.